The van der Waals surface area contributed by atoms with E-state index >= 15 is 0 Å². The predicted molar refractivity (Wildman–Crippen MR) is 90.3 cm³/mol. The second-order valence-electron chi connectivity index (χ2n) is 7.56. The highest BCUT2D eigenvalue weighted by atomic mass is 16.3. The van der Waals surface area contributed by atoms with E-state index in [9.17, 15) is 14.7 Å². The summed E-state index contributed by atoms with van der Waals surface area (Å²) < 4.78 is 1.20. The number of aromatic nitrogens is 4. The molecular formula is C17H23N5O3. The molecule has 1 atom stereocenters. The number of hydrogen-bond donors (Lipinski definition) is 2. The van der Waals surface area contributed by atoms with Crippen molar-refractivity contribution in [2.24, 2.45) is 11.3 Å². The van der Waals surface area contributed by atoms with Crippen molar-refractivity contribution in [3.8, 4) is 0 Å². The molecule has 1 saturated heterocycles. The molecule has 0 unspecified atom stereocenters. The number of rotatable bonds is 4. The number of piperidine rings is 1. The number of amides is 1. The predicted octanol–water partition coefficient (Wildman–Crippen LogP) is 0.741. The number of H-pyrrole nitrogens is 1. The van der Waals surface area contributed by atoms with Gasteiger partial charge < -0.3 is 10.0 Å². The number of aliphatic hydroxyl groups is 1. The van der Waals surface area contributed by atoms with E-state index in [1.165, 1.54) is 23.6 Å². The van der Waals surface area contributed by atoms with Gasteiger partial charge in [-0.05, 0) is 32.1 Å². The first-order valence-corrected chi connectivity index (χ1v) is 8.86. The Morgan fingerprint density at radius 2 is 2.28 bits per heavy atom. The summed E-state index contributed by atoms with van der Waals surface area (Å²) in [7, 11) is 0. The molecule has 2 aliphatic rings. The maximum absolute atomic E-state index is 12.9. The number of aryl methyl sites for hydroxylation is 1. The summed E-state index contributed by atoms with van der Waals surface area (Å²) in [6.45, 7) is 2.93. The van der Waals surface area contributed by atoms with Crippen molar-refractivity contribution in [1.29, 1.82) is 0 Å². The monoisotopic (exact) mass is 345 g/mol. The molecule has 1 amide bonds. The number of aliphatic hydroxyl groups excluding tert-OH is 1. The molecule has 0 radical (unpaired) electrons. The number of nitrogens with zero attached hydrogens (tertiary/aromatic N) is 4. The summed E-state index contributed by atoms with van der Waals surface area (Å²) in [5.41, 5.74) is -0.618. The zero-order valence-electron chi connectivity index (χ0n) is 14.4. The average molecular weight is 345 g/mol. The van der Waals surface area contributed by atoms with Crippen LogP contribution < -0.4 is 5.56 Å². The Morgan fingerprint density at radius 1 is 1.48 bits per heavy atom. The van der Waals surface area contributed by atoms with Crippen molar-refractivity contribution in [3.05, 3.63) is 27.9 Å². The van der Waals surface area contributed by atoms with Crippen molar-refractivity contribution in [2.75, 3.05) is 19.7 Å². The summed E-state index contributed by atoms with van der Waals surface area (Å²) in [6, 6.07) is 0. The van der Waals surface area contributed by atoms with Crippen LogP contribution in [-0.2, 0) is 0 Å². The van der Waals surface area contributed by atoms with Crippen molar-refractivity contribution in [1.82, 2.24) is 24.5 Å². The topological polar surface area (TPSA) is 104 Å². The van der Waals surface area contributed by atoms with Gasteiger partial charge in [0.2, 0.25) is 0 Å². The van der Waals surface area contributed by atoms with Crippen LogP contribution in [0.3, 0.4) is 0 Å². The zero-order chi connectivity index (χ0) is 17.6. The minimum atomic E-state index is -0.432. The molecule has 3 heterocycles. The molecule has 25 heavy (non-hydrogen) atoms. The molecule has 1 saturated carbocycles. The number of carbonyl (C=O) groups excluding carboxylic acids is 1. The van der Waals surface area contributed by atoms with Gasteiger partial charge in [0.05, 0.1) is 6.61 Å². The van der Waals surface area contributed by atoms with Gasteiger partial charge in [-0.2, -0.15) is 9.50 Å². The number of likely N-dealkylation sites (tertiary alicyclic amines) is 1. The van der Waals surface area contributed by atoms with Gasteiger partial charge >= 0.3 is 0 Å². The minimum absolute atomic E-state index is 0.0429. The molecule has 4 rings (SSSR count). The molecular weight excluding hydrogens is 322 g/mol. The van der Waals surface area contributed by atoms with Crippen molar-refractivity contribution < 1.29 is 9.90 Å². The number of hydrogen-bond acceptors (Lipinski definition) is 5. The number of nitrogens with one attached hydrogen (secondary N) is 1. The van der Waals surface area contributed by atoms with Crippen LogP contribution in [-0.4, -0.2) is 55.2 Å². The third-order valence-corrected chi connectivity index (χ3v) is 5.42. The van der Waals surface area contributed by atoms with Crippen molar-refractivity contribution in [3.63, 3.8) is 0 Å². The molecule has 0 bridgehead atoms. The number of aromatic amines is 1. The van der Waals surface area contributed by atoms with Gasteiger partial charge in [0.15, 0.2) is 0 Å². The van der Waals surface area contributed by atoms with Crippen LogP contribution in [0.4, 0.5) is 0 Å². The van der Waals surface area contributed by atoms with E-state index in [0.717, 1.165) is 19.3 Å². The van der Waals surface area contributed by atoms with Gasteiger partial charge in [0.1, 0.15) is 11.4 Å². The second-order valence-corrected chi connectivity index (χ2v) is 7.56. The highest BCUT2D eigenvalue weighted by Gasteiger charge is 2.41. The van der Waals surface area contributed by atoms with Crippen molar-refractivity contribution in [2.45, 2.75) is 39.0 Å². The minimum Gasteiger partial charge on any atom is -0.396 e. The lowest BCUT2D eigenvalue weighted by atomic mass is 9.76. The first-order valence-electron chi connectivity index (χ1n) is 8.86. The Labute approximate surface area is 144 Å². The Bertz CT molecular complexity index is 869. The molecule has 8 nitrogen and oxygen atoms in total. The Balaban J connectivity index is 1.61. The highest BCUT2D eigenvalue weighted by molar-refractivity contribution is 5.93. The summed E-state index contributed by atoms with van der Waals surface area (Å²) >= 11 is 0. The molecule has 134 valence electrons. The van der Waals surface area contributed by atoms with Crippen LogP contribution in [0.15, 0.2) is 11.0 Å². The second kappa shape index (κ2) is 5.94. The maximum atomic E-state index is 12.9. The third kappa shape index (κ3) is 2.95. The lowest BCUT2D eigenvalue weighted by Crippen LogP contribution is -2.49. The van der Waals surface area contributed by atoms with E-state index in [-0.39, 0.29) is 29.3 Å². The fourth-order valence-corrected chi connectivity index (χ4v) is 3.96. The SMILES string of the molecule is Cc1nc2ncc(C(=O)N3CCC[C@@](CO)(CC4CC4)C3)c(=O)n2[nH]1. The lowest BCUT2D eigenvalue weighted by molar-refractivity contribution is 0.0195. The molecule has 2 aromatic heterocycles. The summed E-state index contributed by atoms with van der Waals surface area (Å²) in [5, 5.41) is 12.8. The molecule has 8 heteroatoms. The van der Waals surface area contributed by atoms with Crippen molar-refractivity contribution >= 4 is 11.7 Å². The molecule has 1 aliphatic heterocycles. The van der Waals surface area contributed by atoms with Gasteiger partial charge in [-0.25, -0.2) is 4.98 Å². The fraction of sp³-hybridized carbons (Fsp3) is 0.647. The van der Waals surface area contributed by atoms with E-state index in [0.29, 0.717) is 24.8 Å². The number of fused-ring (bicyclic) bond motifs is 1. The Kier molecular flexibility index (Phi) is 3.87. The van der Waals surface area contributed by atoms with Gasteiger partial charge in [-0.3, -0.25) is 14.7 Å². The van der Waals surface area contributed by atoms with E-state index in [2.05, 4.69) is 15.1 Å². The lowest BCUT2D eigenvalue weighted by Gasteiger charge is -2.42. The summed E-state index contributed by atoms with van der Waals surface area (Å²) in [6.07, 6.45) is 6.49. The van der Waals surface area contributed by atoms with Crippen LogP contribution in [0, 0.1) is 18.3 Å². The molecule has 1 aliphatic carbocycles. The summed E-state index contributed by atoms with van der Waals surface area (Å²) in [5.74, 6) is 1.19. The highest BCUT2D eigenvalue weighted by Crippen LogP contribution is 2.44. The van der Waals surface area contributed by atoms with Gasteiger partial charge in [-0.15, -0.1) is 0 Å². The van der Waals surface area contributed by atoms with Crippen LogP contribution in [0.5, 0.6) is 0 Å². The quantitative estimate of drug-likeness (QED) is 0.851. The van der Waals surface area contributed by atoms with Gasteiger partial charge in [-0.1, -0.05) is 12.8 Å². The van der Waals surface area contributed by atoms with Crippen LogP contribution in [0.2, 0.25) is 0 Å². The first-order chi connectivity index (χ1) is 12.0. The van der Waals surface area contributed by atoms with Crippen LogP contribution in [0.25, 0.3) is 5.78 Å². The van der Waals surface area contributed by atoms with E-state index in [4.69, 9.17) is 0 Å². The van der Waals surface area contributed by atoms with E-state index < -0.39 is 5.56 Å². The average Bonchev–Trinajstić information content (AvgIpc) is 3.33. The van der Waals surface area contributed by atoms with E-state index in [1.54, 1.807) is 11.8 Å². The normalized spacial score (nSPS) is 24.0. The standard InChI is InChI=1S/C17H23N5O3/c1-11-19-16-18-8-13(15(25)22(16)20-11)14(24)21-6-2-5-17(9-21,10-23)7-12-3-4-12/h8,12,23H,2-7,9-10H2,1H3,(H,18,19,20)/t17-/m1/s1. The van der Waals surface area contributed by atoms with Crippen LogP contribution in [0.1, 0.15) is 48.3 Å². The Morgan fingerprint density at radius 3 is 3.00 bits per heavy atom. The maximum Gasteiger partial charge on any atom is 0.286 e. The van der Waals surface area contributed by atoms with Crippen LogP contribution >= 0.6 is 0 Å². The van der Waals surface area contributed by atoms with Gasteiger partial charge in [0.25, 0.3) is 17.2 Å². The Hall–Kier alpha value is -2.22. The molecule has 2 aromatic rings. The fourth-order valence-electron chi connectivity index (χ4n) is 3.96. The molecule has 2 fully saturated rings. The van der Waals surface area contributed by atoms with Gasteiger partial charge in [0, 0.05) is 24.7 Å². The van der Waals surface area contributed by atoms with E-state index in [1.807, 2.05) is 0 Å². The zero-order valence-corrected chi connectivity index (χ0v) is 14.4. The first kappa shape index (κ1) is 16.3. The smallest absolute Gasteiger partial charge is 0.286 e. The largest absolute Gasteiger partial charge is 0.396 e. The molecule has 0 spiro atoms. The molecule has 0 aromatic carbocycles. The number of carbonyl (C=O) groups is 1. The summed E-state index contributed by atoms with van der Waals surface area (Å²) in [4.78, 5) is 35.5. The third-order valence-electron chi connectivity index (χ3n) is 5.42. The molecule has 2 N–H and O–H groups in total.